The molecule has 2 saturated carbocycles. The Bertz CT molecular complexity index is 184. The maximum atomic E-state index is 2.56. The second-order valence-corrected chi connectivity index (χ2v) is 6.05. The van der Waals surface area contributed by atoms with Gasteiger partial charge >= 0.3 is 0 Å². The Balaban J connectivity index is 1.89. The van der Waals surface area contributed by atoms with Crippen molar-refractivity contribution in [3.63, 3.8) is 0 Å². The molecule has 0 N–H and O–H groups in total. The van der Waals surface area contributed by atoms with Gasteiger partial charge < -0.3 is 0 Å². The van der Waals surface area contributed by atoms with Crippen molar-refractivity contribution in [1.82, 2.24) is 0 Å². The van der Waals surface area contributed by atoms with Crippen molar-refractivity contribution in [2.75, 3.05) is 0 Å². The largest absolute Gasteiger partial charge is 0.0654 e. The van der Waals surface area contributed by atoms with Crippen molar-refractivity contribution in [2.45, 2.75) is 71.6 Å². The molecule has 0 aromatic rings. The molecule has 4 unspecified atom stereocenters. The Morgan fingerprint density at radius 3 is 2.60 bits per heavy atom. The molecule has 0 heteroatoms. The first-order chi connectivity index (χ1) is 7.33. The fourth-order valence-electron chi connectivity index (χ4n) is 4.20. The Morgan fingerprint density at radius 2 is 1.80 bits per heavy atom. The van der Waals surface area contributed by atoms with Crippen LogP contribution in [0, 0.1) is 23.7 Å². The fraction of sp³-hybridized carbons (Fsp3) is 1.00. The molecule has 0 bridgehead atoms. The fourth-order valence-corrected chi connectivity index (χ4v) is 4.20. The van der Waals surface area contributed by atoms with Crippen molar-refractivity contribution < 1.29 is 0 Å². The molecule has 0 aliphatic heterocycles. The van der Waals surface area contributed by atoms with Crippen LogP contribution in [-0.2, 0) is 0 Å². The van der Waals surface area contributed by atoms with Crippen LogP contribution < -0.4 is 0 Å². The zero-order valence-electron chi connectivity index (χ0n) is 10.7. The van der Waals surface area contributed by atoms with Crippen molar-refractivity contribution in [2.24, 2.45) is 23.7 Å². The van der Waals surface area contributed by atoms with E-state index in [0.717, 1.165) is 23.7 Å². The Labute approximate surface area is 95.8 Å². The summed E-state index contributed by atoms with van der Waals surface area (Å²) in [6.07, 6.45) is 13.6. The van der Waals surface area contributed by atoms with E-state index in [-0.39, 0.29) is 0 Å². The van der Waals surface area contributed by atoms with Crippen LogP contribution in [0.1, 0.15) is 71.6 Å². The van der Waals surface area contributed by atoms with Crippen LogP contribution in [0.5, 0.6) is 0 Å². The molecular weight excluding hydrogens is 180 g/mol. The van der Waals surface area contributed by atoms with Gasteiger partial charge in [-0.3, -0.25) is 0 Å². The SMILES string of the molecule is CCCCC1CCC2CCCCC2C1C. The lowest BCUT2D eigenvalue weighted by atomic mass is 9.61. The molecule has 0 aromatic heterocycles. The van der Waals surface area contributed by atoms with Crippen LogP contribution in [0.15, 0.2) is 0 Å². The molecule has 15 heavy (non-hydrogen) atoms. The van der Waals surface area contributed by atoms with Crippen LogP contribution in [0.25, 0.3) is 0 Å². The summed E-state index contributed by atoms with van der Waals surface area (Å²) in [6, 6.07) is 0. The van der Waals surface area contributed by atoms with Crippen molar-refractivity contribution in [3.8, 4) is 0 Å². The van der Waals surface area contributed by atoms with E-state index in [9.17, 15) is 0 Å². The van der Waals surface area contributed by atoms with Gasteiger partial charge in [-0.2, -0.15) is 0 Å². The van der Waals surface area contributed by atoms with Crippen LogP contribution in [0.4, 0.5) is 0 Å². The number of fused-ring (bicyclic) bond motifs is 1. The van der Waals surface area contributed by atoms with Gasteiger partial charge in [-0.25, -0.2) is 0 Å². The molecule has 0 heterocycles. The van der Waals surface area contributed by atoms with E-state index in [1.165, 1.54) is 32.1 Å². The van der Waals surface area contributed by atoms with Crippen molar-refractivity contribution >= 4 is 0 Å². The van der Waals surface area contributed by atoms with Crippen molar-refractivity contribution in [1.29, 1.82) is 0 Å². The minimum absolute atomic E-state index is 1.04. The molecule has 2 aliphatic rings. The van der Waals surface area contributed by atoms with Gasteiger partial charge in [0.25, 0.3) is 0 Å². The Morgan fingerprint density at radius 1 is 1.00 bits per heavy atom. The molecule has 2 fully saturated rings. The summed E-state index contributed by atoms with van der Waals surface area (Å²) in [5, 5.41) is 0. The predicted octanol–water partition coefficient (Wildman–Crippen LogP) is 5.03. The maximum Gasteiger partial charge on any atom is -0.0357 e. The number of hydrogen-bond donors (Lipinski definition) is 0. The number of hydrogen-bond acceptors (Lipinski definition) is 0. The molecule has 0 aromatic carbocycles. The van der Waals surface area contributed by atoms with Gasteiger partial charge in [0.2, 0.25) is 0 Å². The zero-order chi connectivity index (χ0) is 10.7. The topological polar surface area (TPSA) is 0 Å². The quantitative estimate of drug-likeness (QED) is 0.610. The first-order valence-corrected chi connectivity index (χ1v) is 7.33. The average Bonchev–Trinajstić information content (AvgIpc) is 2.29. The van der Waals surface area contributed by atoms with Gasteiger partial charge in [-0.15, -0.1) is 0 Å². The van der Waals surface area contributed by atoms with Gasteiger partial charge in [0.1, 0.15) is 0 Å². The van der Waals surface area contributed by atoms with Crippen LogP contribution in [-0.4, -0.2) is 0 Å². The molecule has 0 nitrogen and oxygen atoms in total. The monoisotopic (exact) mass is 208 g/mol. The molecule has 4 atom stereocenters. The summed E-state index contributed by atoms with van der Waals surface area (Å²) in [5.74, 6) is 4.33. The van der Waals surface area contributed by atoms with E-state index in [1.54, 1.807) is 25.7 Å². The van der Waals surface area contributed by atoms with Crippen LogP contribution in [0.3, 0.4) is 0 Å². The van der Waals surface area contributed by atoms with Gasteiger partial charge in [0.05, 0.1) is 0 Å². The third-order valence-electron chi connectivity index (χ3n) is 5.22. The molecule has 0 saturated heterocycles. The summed E-state index contributed by atoms with van der Waals surface area (Å²) in [5.41, 5.74) is 0. The van der Waals surface area contributed by atoms with Crippen LogP contribution in [0.2, 0.25) is 0 Å². The third-order valence-corrected chi connectivity index (χ3v) is 5.22. The summed E-state index contributed by atoms with van der Waals surface area (Å²) in [7, 11) is 0. The van der Waals surface area contributed by atoms with Crippen molar-refractivity contribution in [3.05, 3.63) is 0 Å². The first kappa shape index (κ1) is 11.5. The predicted molar refractivity (Wildman–Crippen MR) is 66.9 cm³/mol. The smallest absolute Gasteiger partial charge is 0.0357 e. The van der Waals surface area contributed by atoms with Gasteiger partial charge in [0, 0.05) is 0 Å². The highest BCUT2D eigenvalue weighted by Gasteiger charge is 2.37. The second kappa shape index (κ2) is 5.37. The van der Waals surface area contributed by atoms with Gasteiger partial charge in [-0.05, 0) is 42.9 Å². The average molecular weight is 208 g/mol. The number of unbranched alkanes of at least 4 members (excludes halogenated alkanes) is 1. The van der Waals surface area contributed by atoms with E-state index >= 15 is 0 Å². The molecule has 0 radical (unpaired) electrons. The minimum atomic E-state index is 1.04. The Hall–Kier alpha value is 0. The minimum Gasteiger partial charge on any atom is -0.0654 e. The maximum absolute atomic E-state index is 2.56. The molecule has 2 rings (SSSR count). The lowest BCUT2D eigenvalue weighted by Gasteiger charge is -2.44. The number of rotatable bonds is 3. The van der Waals surface area contributed by atoms with E-state index in [1.807, 2.05) is 0 Å². The molecular formula is C15H28. The van der Waals surface area contributed by atoms with E-state index < -0.39 is 0 Å². The van der Waals surface area contributed by atoms with E-state index in [0.29, 0.717) is 0 Å². The first-order valence-electron chi connectivity index (χ1n) is 7.33. The highest BCUT2D eigenvalue weighted by Crippen LogP contribution is 2.47. The zero-order valence-corrected chi connectivity index (χ0v) is 10.7. The van der Waals surface area contributed by atoms with Gasteiger partial charge in [0.15, 0.2) is 0 Å². The highest BCUT2D eigenvalue weighted by molar-refractivity contribution is 4.87. The summed E-state index contributed by atoms with van der Waals surface area (Å²) in [4.78, 5) is 0. The second-order valence-electron chi connectivity index (χ2n) is 6.05. The standard InChI is InChI=1S/C15H28/c1-3-4-7-13-10-11-14-8-5-6-9-15(14)12(13)2/h12-15H,3-11H2,1-2H3. The highest BCUT2D eigenvalue weighted by atomic mass is 14.4. The lowest BCUT2D eigenvalue weighted by molar-refractivity contribution is 0.0606. The molecule has 88 valence electrons. The summed E-state index contributed by atoms with van der Waals surface area (Å²) in [6.45, 7) is 4.89. The molecule has 2 aliphatic carbocycles. The van der Waals surface area contributed by atoms with Gasteiger partial charge in [-0.1, -0.05) is 52.4 Å². The summed E-state index contributed by atoms with van der Waals surface area (Å²) >= 11 is 0. The molecule has 0 spiro atoms. The van der Waals surface area contributed by atoms with E-state index in [2.05, 4.69) is 13.8 Å². The normalized spacial score (nSPS) is 41.2. The van der Waals surface area contributed by atoms with Crippen LogP contribution >= 0.6 is 0 Å². The Kier molecular flexibility index (Phi) is 4.11. The molecule has 0 amide bonds. The van der Waals surface area contributed by atoms with E-state index in [4.69, 9.17) is 0 Å². The lowest BCUT2D eigenvalue weighted by Crippen LogP contribution is -2.35. The summed E-state index contributed by atoms with van der Waals surface area (Å²) < 4.78 is 0. The third kappa shape index (κ3) is 2.57.